The van der Waals surface area contributed by atoms with Crippen LogP contribution in [0.5, 0.6) is 0 Å². The van der Waals surface area contributed by atoms with Gasteiger partial charge in [-0.2, -0.15) is 0 Å². The van der Waals surface area contributed by atoms with Gasteiger partial charge in [-0.15, -0.1) is 0 Å². The van der Waals surface area contributed by atoms with Gasteiger partial charge in [0.2, 0.25) is 5.91 Å². The van der Waals surface area contributed by atoms with Crippen molar-refractivity contribution in [1.29, 1.82) is 0 Å². The Bertz CT molecular complexity index is 568. The first kappa shape index (κ1) is 18.0. The number of alkyl carbamates (subject to hydrolysis) is 1. The molecule has 1 aliphatic heterocycles. The maximum atomic E-state index is 12.9. The molecule has 0 spiro atoms. The second kappa shape index (κ2) is 7.50. The quantitative estimate of drug-likeness (QED) is 0.713. The van der Waals surface area contributed by atoms with Crippen LogP contribution in [0.1, 0.15) is 44.2 Å². The number of nitrogens with zero attached hydrogens (tertiary/aromatic N) is 2. The van der Waals surface area contributed by atoms with E-state index in [1.165, 1.54) is 7.11 Å². The lowest BCUT2D eigenvalue weighted by Crippen LogP contribution is -2.51. The van der Waals surface area contributed by atoms with Crippen LogP contribution in [0.15, 0.2) is 0 Å². The number of halogens is 1. The molecule has 2 atom stereocenters. The fraction of sp³-hybridized carbons (Fsp3) is 0.667. The minimum Gasteiger partial charge on any atom is -0.453 e. The van der Waals surface area contributed by atoms with E-state index < -0.39 is 12.1 Å². The number of carbonyl (C=O) groups excluding carboxylic acids is 2. The fourth-order valence-electron chi connectivity index (χ4n) is 2.81. The van der Waals surface area contributed by atoms with Gasteiger partial charge in [-0.25, -0.2) is 9.78 Å². The number of imidazole rings is 1. The van der Waals surface area contributed by atoms with Crippen LogP contribution in [0.4, 0.5) is 4.79 Å². The third-order valence-corrected chi connectivity index (χ3v) is 5.14. The van der Waals surface area contributed by atoms with Gasteiger partial charge in [0, 0.05) is 12.2 Å². The molecule has 0 aliphatic carbocycles. The summed E-state index contributed by atoms with van der Waals surface area (Å²) in [6.07, 6.45) is 1.21. The lowest BCUT2D eigenvalue weighted by Gasteiger charge is -2.29. The van der Waals surface area contributed by atoms with Crippen LogP contribution < -0.4 is 5.32 Å². The maximum absolute atomic E-state index is 12.9. The Morgan fingerprint density at radius 1 is 1.48 bits per heavy atom. The number of carbonyl (C=O) groups is 2. The zero-order valence-electron chi connectivity index (χ0n) is 13.9. The van der Waals surface area contributed by atoms with Gasteiger partial charge in [-0.3, -0.25) is 4.79 Å². The van der Waals surface area contributed by atoms with Crippen LogP contribution in [0.2, 0.25) is 0 Å². The molecule has 7 nitrogen and oxygen atoms in total. The third-order valence-electron chi connectivity index (χ3n) is 4.09. The molecule has 1 fully saturated rings. The number of likely N-dealkylation sites (tertiary alicyclic amines) is 1. The normalized spacial score (nSPS) is 19.0. The van der Waals surface area contributed by atoms with Gasteiger partial charge >= 0.3 is 6.09 Å². The number of rotatable bonds is 4. The molecule has 1 aliphatic rings. The first-order valence-corrected chi connectivity index (χ1v) is 8.80. The molecule has 0 aromatic carbocycles. The van der Waals surface area contributed by atoms with Crippen LogP contribution in [0.3, 0.4) is 0 Å². The van der Waals surface area contributed by atoms with Gasteiger partial charge < -0.3 is 19.9 Å². The van der Waals surface area contributed by atoms with Crippen molar-refractivity contribution in [2.45, 2.75) is 45.7 Å². The summed E-state index contributed by atoms with van der Waals surface area (Å²) in [5, 5.41) is 2.65. The molecular weight excluding hydrogens is 411 g/mol. The zero-order valence-corrected chi connectivity index (χ0v) is 16.0. The summed E-state index contributed by atoms with van der Waals surface area (Å²) in [4.78, 5) is 34.1. The summed E-state index contributed by atoms with van der Waals surface area (Å²) < 4.78 is 5.56. The van der Waals surface area contributed by atoms with E-state index in [0.29, 0.717) is 6.54 Å². The summed E-state index contributed by atoms with van der Waals surface area (Å²) >= 11 is 2.18. The van der Waals surface area contributed by atoms with Gasteiger partial charge in [-0.1, -0.05) is 13.8 Å². The first-order chi connectivity index (χ1) is 10.8. The molecule has 2 amide bonds. The van der Waals surface area contributed by atoms with Crippen LogP contribution in [-0.2, 0) is 9.53 Å². The minimum absolute atomic E-state index is 0.0266. The number of ether oxygens (including phenoxy) is 1. The van der Waals surface area contributed by atoms with Crippen LogP contribution in [0, 0.1) is 16.5 Å². The molecule has 1 aromatic heterocycles. The highest BCUT2D eigenvalue weighted by Crippen LogP contribution is 2.32. The number of H-pyrrole nitrogens is 1. The van der Waals surface area contributed by atoms with Gasteiger partial charge in [0.15, 0.2) is 0 Å². The molecule has 2 heterocycles. The summed E-state index contributed by atoms with van der Waals surface area (Å²) in [7, 11) is 1.30. The van der Waals surface area contributed by atoms with Crippen molar-refractivity contribution >= 4 is 34.6 Å². The molecule has 8 heteroatoms. The number of aryl methyl sites for hydroxylation is 1. The SMILES string of the molecule is COC(=O)N[C@H](C(=O)N1CCC[C@H]1c1nc(I)c(C)[nH]1)C(C)C. The smallest absolute Gasteiger partial charge is 0.407 e. The van der Waals surface area contributed by atoms with Gasteiger partial charge in [0.05, 0.1) is 13.2 Å². The van der Waals surface area contributed by atoms with E-state index in [1.807, 2.05) is 25.7 Å². The Balaban J connectivity index is 2.19. The Morgan fingerprint density at radius 3 is 2.70 bits per heavy atom. The van der Waals surface area contributed by atoms with E-state index in [1.54, 1.807) is 0 Å². The van der Waals surface area contributed by atoms with Crippen LogP contribution >= 0.6 is 22.6 Å². The molecule has 0 radical (unpaired) electrons. The molecule has 0 bridgehead atoms. The highest BCUT2D eigenvalue weighted by molar-refractivity contribution is 14.1. The second-order valence-corrected chi connectivity index (χ2v) is 7.11. The average Bonchev–Trinajstić information content (AvgIpc) is 3.10. The van der Waals surface area contributed by atoms with Crippen molar-refractivity contribution in [3.8, 4) is 0 Å². The molecule has 2 rings (SSSR count). The molecule has 23 heavy (non-hydrogen) atoms. The second-order valence-electron chi connectivity index (χ2n) is 6.09. The van der Waals surface area contributed by atoms with Crippen molar-refractivity contribution in [3.63, 3.8) is 0 Å². The molecular formula is C15H23IN4O3. The highest BCUT2D eigenvalue weighted by Gasteiger charge is 2.37. The van der Waals surface area contributed by atoms with E-state index in [0.717, 1.165) is 28.1 Å². The van der Waals surface area contributed by atoms with E-state index in [2.05, 4.69) is 42.6 Å². The molecule has 0 saturated carbocycles. The van der Waals surface area contributed by atoms with E-state index >= 15 is 0 Å². The first-order valence-electron chi connectivity index (χ1n) is 7.72. The van der Waals surface area contributed by atoms with Crippen molar-refractivity contribution < 1.29 is 14.3 Å². The number of methoxy groups -OCH3 is 1. The Hall–Kier alpha value is -1.32. The largest absolute Gasteiger partial charge is 0.453 e. The predicted molar refractivity (Wildman–Crippen MR) is 93.9 cm³/mol. The summed E-state index contributed by atoms with van der Waals surface area (Å²) in [5.41, 5.74) is 1.01. The third kappa shape index (κ3) is 3.96. The summed E-state index contributed by atoms with van der Waals surface area (Å²) in [6.45, 7) is 6.45. The number of hydrogen-bond acceptors (Lipinski definition) is 4. The summed E-state index contributed by atoms with van der Waals surface area (Å²) in [5.74, 6) is 0.705. The Labute approximate surface area is 149 Å². The standard InChI is InChI=1S/C15H23IN4O3/c1-8(2)11(18-15(22)23-4)14(21)20-7-5-6-10(20)13-17-9(3)12(16)19-13/h8,10-11H,5-7H2,1-4H3,(H,17,19)(H,18,22)/t10-,11-/m0/s1. The Kier molecular flexibility index (Phi) is 5.88. The van der Waals surface area contributed by atoms with Crippen molar-refractivity contribution in [2.75, 3.05) is 13.7 Å². The monoisotopic (exact) mass is 434 g/mol. The molecule has 0 unspecified atom stereocenters. The van der Waals surface area contributed by atoms with Crippen molar-refractivity contribution in [2.24, 2.45) is 5.92 Å². The van der Waals surface area contributed by atoms with Gasteiger partial charge in [-0.05, 0) is 48.3 Å². The fourth-order valence-corrected chi connectivity index (χ4v) is 3.21. The minimum atomic E-state index is -0.599. The lowest BCUT2D eigenvalue weighted by molar-refractivity contribution is -0.135. The predicted octanol–water partition coefficient (Wildman–Crippen LogP) is 2.37. The van der Waals surface area contributed by atoms with E-state index in [-0.39, 0.29) is 17.9 Å². The van der Waals surface area contributed by atoms with Crippen LogP contribution in [-0.4, -0.2) is 46.6 Å². The van der Waals surface area contributed by atoms with Crippen molar-refractivity contribution in [3.05, 3.63) is 15.2 Å². The molecule has 1 aromatic rings. The number of aromatic amines is 1. The number of amides is 2. The van der Waals surface area contributed by atoms with E-state index in [4.69, 9.17) is 0 Å². The molecule has 2 N–H and O–H groups in total. The number of hydrogen-bond donors (Lipinski definition) is 2. The van der Waals surface area contributed by atoms with Gasteiger partial charge in [0.25, 0.3) is 0 Å². The van der Waals surface area contributed by atoms with Crippen LogP contribution in [0.25, 0.3) is 0 Å². The summed E-state index contributed by atoms with van der Waals surface area (Å²) in [6, 6.07) is -0.663. The molecule has 1 saturated heterocycles. The van der Waals surface area contributed by atoms with Crippen molar-refractivity contribution in [1.82, 2.24) is 20.2 Å². The highest BCUT2D eigenvalue weighted by atomic mass is 127. The van der Waals surface area contributed by atoms with Gasteiger partial charge in [0.1, 0.15) is 15.6 Å². The zero-order chi connectivity index (χ0) is 17.1. The number of aromatic nitrogens is 2. The topological polar surface area (TPSA) is 87.3 Å². The average molecular weight is 434 g/mol. The van der Waals surface area contributed by atoms with E-state index in [9.17, 15) is 9.59 Å². The lowest BCUT2D eigenvalue weighted by atomic mass is 10.0. The Morgan fingerprint density at radius 2 is 2.17 bits per heavy atom. The number of nitrogens with one attached hydrogen (secondary N) is 2. The molecule has 128 valence electrons. The maximum Gasteiger partial charge on any atom is 0.407 e.